The van der Waals surface area contributed by atoms with Crippen LogP contribution in [0.4, 0.5) is 5.69 Å². The van der Waals surface area contributed by atoms with E-state index in [1.54, 1.807) is 37.3 Å². The molecule has 168 valence electrons. The van der Waals surface area contributed by atoms with Crippen LogP contribution in [0.25, 0.3) is 10.2 Å². The Hall–Kier alpha value is -3.49. The Labute approximate surface area is 196 Å². The van der Waals surface area contributed by atoms with E-state index in [1.165, 1.54) is 39.9 Å². The number of carbonyl (C=O) groups excluding carboxylic acids is 1. The van der Waals surface area contributed by atoms with Gasteiger partial charge in [-0.25, -0.2) is 8.42 Å². The van der Waals surface area contributed by atoms with Crippen molar-refractivity contribution in [2.24, 2.45) is 4.99 Å². The molecule has 4 aromatic rings. The van der Waals surface area contributed by atoms with Crippen molar-refractivity contribution in [2.45, 2.75) is 18.4 Å². The number of hydrogen-bond acceptors (Lipinski definition) is 4. The number of rotatable bonds is 7. The number of para-hydroxylation sites is 2. The summed E-state index contributed by atoms with van der Waals surface area (Å²) in [7, 11) is -3.76. The molecule has 4 rings (SSSR count). The molecular weight excluding hydrogens is 454 g/mol. The van der Waals surface area contributed by atoms with Crippen molar-refractivity contribution in [3.05, 3.63) is 102 Å². The topological polar surface area (TPSA) is 71.7 Å². The first-order valence-electron chi connectivity index (χ1n) is 10.4. The Morgan fingerprint density at radius 3 is 2.36 bits per heavy atom. The first kappa shape index (κ1) is 22.7. The number of anilines is 1. The van der Waals surface area contributed by atoms with Crippen LogP contribution in [-0.2, 0) is 16.6 Å². The van der Waals surface area contributed by atoms with E-state index in [1.807, 2.05) is 34.9 Å². The van der Waals surface area contributed by atoms with Crippen molar-refractivity contribution < 1.29 is 13.2 Å². The fourth-order valence-electron chi connectivity index (χ4n) is 3.55. The van der Waals surface area contributed by atoms with Crippen LogP contribution in [0, 0.1) is 0 Å². The monoisotopic (exact) mass is 477 g/mol. The van der Waals surface area contributed by atoms with E-state index < -0.39 is 15.9 Å². The van der Waals surface area contributed by atoms with E-state index in [9.17, 15) is 13.2 Å². The fraction of sp³-hybridized carbons (Fsp3) is 0.120. The van der Waals surface area contributed by atoms with Gasteiger partial charge in [-0.15, -0.1) is 6.58 Å². The van der Waals surface area contributed by atoms with E-state index in [4.69, 9.17) is 0 Å². The summed E-state index contributed by atoms with van der Waals surface area (Å²) in [6.45, 7) is 6.39. The van der Waals surface area contributed by atoms with Crippen LogP contribution < -0.4 is 9.11 Å². The summed E-state index contributed by atoms with van der Waals surface area (Å²) in [5.74, 6) is -0.432. The average Bonchev–Trinajstić information content (AvgIpc) is 3.17. The number of fused-ring (bicyclic) bond motifs is 1. The molecule has 0 aliphatic heterocycles. The smallest absolute Gasteiger partial charge is 0.279 e. The molecule has 0 saturated carbocycles. The Balaban J connectivity index is 1.66. The van der Waals surface area contributed by atoms with E-state index in [0.717, 1.165) is 10.2 Å². The summed E-state index contributed by atoms with van der Waals surface area (Å²) >= 11 is 1.42. The summed E-state index contributed by atoms with van der Waals surface area (Å²) in [4.78, 5) is 17.9. The molecule has 0 spiro atoms. The zero-order chi connectivity index (χ0) is 23.4. The lowest BCUT2D eigenvalue weighted by Gasteiger charge is -2.22. The lowest BCUT2D eigenvalue weighted by Crippen LogP contribution is -2.30. The molecule has 3 aromatic carbocycles. The van der Waals surface area contributed by atoms with Gasteiger partial charge in [0.05, 0.1) is 20.8 Å². The first-order chi connectivity index (χ1) is 16.0. The van der Waals surface area contributed by atoms with E-state index >= 15 is 0 Å². The van der Waals surface area contributed by atoms with Gasteiger partial charge in [0.25, 0.3) is 15.9 Å². The number of aromatic nitrogens is 1. The molecule has 0 bridgehead atoms. The van der Waals surface area contributed by atoms with Gasteiger partial charge >= 0.3 is 0 Å². The number of sulfonamides is 1. The van der Waals surface area contributed by atoms with Crippen LogP contribution in [0.15, 0.2) is 101 Å². The molecule has 0 atom stereocenters. The summed E-state index contributed by atoms with van der Waals surface area (Å²) < 4.78 is 30.6. The van der Waals surface area contributed by atoms with Gasteiger partial charge in [0, 0.05) is 18.7 Å². The van der Waals surface area contributed by atoms with Gasteiger partial charge < -0.3 is 4.57 Å². The van der Waals surface area contributed by atoms with Gasteiger partial charge in [-0.3, -0.25) is 9.10 Å². The Morgan fingerprint density at radius 2 is 1.70 bits per heavy atom. The highest BCUT2D eigenvalue weighted by atomic mass is 32.2. The van der Waals surface area contributed by atoms with Gasteiger partial charge in [-0.05, 0) is 55.5 Å². The van der Waals surface area contributed by atoms with Gasteiger partial charge in [0.15, 0.2) is 4.80 Å². The number of thiazole rings is 1. The number of allylic oxidation sites excluding steroid dienone is 1. The number of hydrogen-bond donors (Lipinski definition) is 0. The molecule has 0 aliphatic carbocycles. The highest BCUT2D eigenvalue weighted by Crippen LogP contribution is 2.23. The van der Waals surface area contributed by atoms with Crippen molar-refractivity contribution in [3.63, 3.8) is 0 Å². The van der Waals surface area contributed by atoms with E-state index in [-0.39, 0.29) is 11.4 Å². The maximum atomic E-state index is 13.2. The van der Waals surface area contributed by atoms with Crippen molar-refractivity contribution in [1.82, 2.24) is 4.57 Å². The summed E-state index contributed by atoms with van der Waals surface area (Å²) in [6.07, 6.45) is 1.76. The molecule has 0 aliphatic rings. The maximum absolute atomic E-state index is 13.2. The number of amides is 1. The molecule has 0 saturated heterocycles. The van der Waals surface area contributed by atoms with Gasteiger partial charge in [-0.1, -0.05) is 47.7 Å². The normalized spacial score (nSPS) is 12.1. The standard InChI is InChI=1S/C25H23N3O3S2/c1-3-18-27-22-12-8-9-13-23(22)32-25(27)26-24(29)19-14-16-21(17-15-19)33(30,31)28(4-2)20-10-6-5-7-11-20/h3,5-17H,1,4,18H2,2H3. The van der Waals surface area contributed by atoms with E-state index in [2.05, 4.69) is 11.6 Å². The minimum atomic E-state index is -3.76. The van der Waals surface area contributed by atoms with Gasteiger partial charge in [0.2, 0.25) is 0 Å². The molecule has 0 N–H and O–H groups in total. The Morgan fingerprint density at radius 1 is 1.03 bits per heavy atom. The molecule has 1 amide bonds. The highest BCUT2D eigenvalue weighted by molar-refractivity contribution is 7.92. The Bertz CT molecular complexity index is 1470. The lowest BCUT2D eigenvalue weighted by atomic mass is 10.2. The fourth-order valence-corrected chi connectivity index (χ4v) is 6.06. The summed E-state index contributed by atoms with van der Waals surface area (Å²) in [6, 6.07) is 22.7. The minimum absolute atomic E-state index is 0.119. The second-order valence-electron chi connectivity index (χ2n) is 7.20. The SMILES string of the molecule is C=CCn1c(=NC(=O)c2ccc(S(=O)(=O)N(CC)c3ccccc3)cc2)sc2ccccc21. The molecule has 8 heteroatoms. The van der Waals surface area contributed by atoms with Crippen LogP contribution in [-0.4, -0.2) is 25.4 Å². The third-order valence-corrected chi connectivity index (χ3v) is 8.09. The van der Waals surface area contributed by atoms with Crippen LogP contribution >= 0.6 is 11.3 Å². The number of carbonyl (C=O) groups is 1. The third-order valence-electron chi connectivity index (χ3n) is 5.12. The molecule has 1 aromatic heterocycles. The number of benzene rings is 3. The second-order valence-corrected chi connectivity index (χ2v) is 10.1. The molecule has 0 radical (unpaired) electrons. The van der Waals surface area contributed by atoms with Crippen LogP contribution in [0.1, 0.15) is 17.3 Å². The molecule has 1 heterocycles. The predicted octanol–water partition coefficient (Wildman–Crippen LogP) is 4.85. The molecule has 33 heavy (non-hydrogen) atoms. The van der Waals surface area contributed by atoms with Crippen molar-refractivity contribution in [1.29, 1.82) is 0 Å². The van der Waals surface area contributed by atoms with Crippen molar-refractivity contribution in [2.75, 3.05) is 10.8 Å². The van der Waals surface area contributed by atoms with Crippen molar-refractivity contribution >= 4 is 43.2 Å². The lowest BCUT2D eigenvalue weighted by molar-refractivity contribution is 0.0998. The zero-order valence-electron chi connectivity index (χ0n) is 18.1. The molecule has 6 nitrogen and oxygen atoms in total. The van der Waals surface area contributed by atoms with Crippen molar-refractivity contribution in [3.8, 4) is 0 Å². The van der Waals surface area contributed by atoms with E-state index in [0.29, 0.717) is 22.6 Å². The minimum Gasteiger partial charge on any atom is -0.312 e. The first-order valence-corrected chi connectivity index (χ1v) is 12.7. The van der Waals surface area contributed by atoms with Crippen LogP contribution in [0.2, 0.25) is 0 Å². The number of nitrogens with zero attached hydrogens (tertiary/aromatic N) is 3. The van der Waals surface area contributed by atoms with Gasteiger partial charge in [0.1, 0.15) is 0 Å². The molecule has 0 unspecified atom stereocenters. The van der Waals surface area contributed by atoms with Gasteiger partial charge in [-0.2, -0.15) is 4.99 Å². The summed E-state index contributed by atoms with van der Waals surface area (Å²) in [5.41, 5.74) is 1.89. The van der Waals surface area contributed by atoms with Crippen LogP contribution in [0.3, 0.4) is 0 Å². The molecule has 0 fully saturated rings. The second kappa shape index (κ2) is 9.56. The summed E-state index contributed by atoms with van der Waals surface area (Å²) in [5, 5.41) is 0. The quantitative estimate of drug-likeness (QED) is 0.358. The zero-order valence-corrected chi connectivity index (χ0v) is 19.7. The Kier molecular flexibility index (Phi) is 6.57. The molecular formula is C25H23N3O3S2. The predicted molar refractivity (Wildman–Crippen MR) is 133 cm³/mol. The highest BCUT2D eigenvalue weighted by Gasteiger charge is 2.23. The third kappa shape index (κ3) is 4.53. The van der Waals surface area contributed by atoms with Crippen LogP contribution in [0.5, 0.6) is 0 Å². The largest absolute Gasteiger partial charge is 0.312 e. The average molecular weight is 478 g/mol. The maximum Gasteiger partial charge on any atom is 0.279 e.